The van der Waals surface area contributed by atoms with Crippen molar-refractivity contribution in [1.82, 2.24) is 5.32 Å². The molecule has 0 spiro atoms. The van der Waals surface area contributed by atoms with Gasteiger partial charge in [-0.3, -0.25) is 0 Å². The molecule has 0 saturated carbocycles. The van der Waals surface area contributed by atoms with Crippen LogP contribution in [0, 0.1) is 17.5 Å². The van der Waals surface area contributed by atoms with E-state index in [0.29, 0.717) is 31.5 Å². The van der Waals surface area contributed by atoms with Gasteiger partial charge in [0.25, 0.3) is 0 Å². The molecule has 1 N–H and O–H groups in total. The number of halogens is 3. The lowest BCUT2D eigenvalue weighted by atomic mass is 10.0. The lowest BCUT2D eigenvalue weighted by Gasteiger charge is -2.19. The molecule has 0 bridgehead atoms. The second kappa shape index (κ2) is 6.45. The minimum Gasteiger partial charge on any atom is -0.310 e. The maximum atomic E-state index is 13.6. The Hall–Kier alpha value is -1.29. The van der Waals surface area contributed by atoms with Crippen LogP contribution in [0.15, 0.2) is 24.8 Å². The van der Waals surface area contributed by atoms with Crippen molar-refractivity contribution in [3.05, 3.63) is 47.8 Å². The molecule has 0 fully saturated rings. The van der Waals surface area contributed by atoms with Gasteiger partial charge < -0.3 is 5.32 Å². The number of allylic oxidation sites excluding steroid dienone is 1. The first-order valence-corrected chi connectivity index (χ1v) is 5.58. The van der Waals surface area contributed by atoms with Crippen LogP contribution in [0.1, 0.15) is 31.4 Å². The Kier molecular flexibility index (Phi) is 5.22. The first kappa shape index (κ1) is 13.8. The molecule has 0 aliphatic heterocycles. The molecule has 94 valence electrons. The van der Waals surface area contributed by atoms with Gasteiger partial charge in [-0.05, 0) is 19.4 Å². The summed E-state index contributed by atoms with van der Waals surface area (Å²) in [5.74, 6) is -2.60. The van der Waals surface area contributed by atoms with Gasteiger partial charge in [-0.15, -0.1) is 6.58 Å². The van der Waals surface area contributed by atoms with Crippen molar-refractivity contribution in [2.24, 2.45) is 0 Å². The fourth-order valence-corrected chi connectivity index (χ4v) is 1.77. The van der Waals surface area contributed by atoms with Gasteiger partial charge in [0.15, 0.2) is 0 Å². The van der Waals surface area contributed by atoms with E-state index in [1.165, 1.54) is 0 Å². The average Bonchev–Trinajstić information content (AvgIpc) is 2.24. The molecule has 1 unspecified atom stereocenters. The van der Waals surface area contributed by atoms with Gasteiger partial charge in [0.05, 0.1) is 0 Å². The van der Waals surface area contributed by atoms with Crippen molar-refractivity contribution in [2.75, 3.05) is 6.54 Å². The van der Waals surface area contributed by atoms with E-state index in [0.717, 1.165) is 0 Å². The molecule has 1 atom stereocenters. The quantitative estimate of drug-likeness (QED) is 0.751. The maximum Gasteiger partial charge on any atom is 0.133 e. The maximum absolute atomic E-state index is 13.6. The third-order valence-corrected chi connectivity index (χ3v) is 2.50. The zero-order valence-electron chi connectivity index (χ0n) is 9.77. The molecule has 1 aromatic rings. The molecule has 0 aliphatic rings. The summed E-state index contributed by atoms with van der Waals surface area (Å²) >= 11 is 0. The summed E-state index contributed by atoms with van der Waals surface area (Å²) in [6.07, 6.45) is 2.84. The van der Waals surface area contributed by atoms with Gasteiger partial charge in [-0.2, -0.15) is 0 Å². The molecule has 0 aliphatic carbocycles. The Morgan fingerprint density at radius 3 is 2.35 bits per heavy atom. The molecule has 1 rings (SSSR count). The fourth-order valence-electron chi connectivity index (χ4n) is 1.77. The Balaban J connectivity index is 3.03. The van der Waals surface area contributed by atoms with E-state index in [1.54, 1.807) is 6.08 Å². The second-order valence-corrected chi connectivity index (χ2v) is 3.76. The van der Waals surface area contributed by atoms with Crippen molar-refractivity contribution in [1.29, 1.82) is 0 Å². The van der Waals surface area contributed by atoms with E-state index in [2.05, 4.69) is 11.9 Å². The Morgan fingerprint density at radius 2 is 1.88 bits per heavy atom. The van der Waals surface area contributed by atoms with Gasteiger partial charge in [-0.25, -0.2) is 13.2 Å². The lowest BCUT2D eigenvalue weighted by Crippen LogP contribution is -2.23. The number of nitrogens with one attached hydrogen (secondary N) is 1. The van der Waals surface area contributed by atoms with Crippen LogP contribution in [-0.4, -0.2) is 6.54 Å². The van der Waals surface area contributed by atoms with E-state index < -0.39 is 23.5 Å². The highest BCUT2D eigenvalue weighted by atomic mass is 19.1. The molecule has 0 heterocycles. The molecule has 0 aromatic heterocycles. The minimum absolute atomic E-state index is 0.102. The van der Waals surface area contributed by atoms with E-state index >= 15 is 0 Å². The van der Waals surface area contributed by atoms with E-state index in [9.17, 15) is 13.2 Å². The van der Waals surface area contributed by atoms with Crippen LogP contribution in [-0.2, 0) is 0 Å². The van der Waals surface area contributed by atoms with Crippen LogP contribution in [0.2, 0.25) is 0 Å². The minimum atomic E-state index is -0.900. The van der Waals surface area contributed by atoms with Crippen LogP contribution >= 0.6 is 0 Å². The molecule has 1 nitrogen and oxygen atoms in total. The van der Waals surface area contributed by atoms with Crippen molar-refractivity contribution < 1.29 is 13.2 Å². The van der Waals surface area contributed by atoms with Gasteiger partial charge in [0.2, 0.25) is 0 Å². The normalized spacial score (nSPS) is 12.5. The van der Waals surface area contributed by atoms with Gasteiger partial charge in [-0.1, -0.05) is 13.0 Å². The predicted molar refractivity (Wildman–Crippen MR) is 62.2 cm³/mol. The monoisotopic (exact) mass is 243 g/mol. The Bertz CT molecular complexity index is 367. The summed E-state index contributed by atoms with van der Waals surface area (Å²) in [6.45, 7) is 6.00. The zero-order valence-corrected chi connectivity index (χ0v) is 9.77. The molecule has 0 saturated heterocycles. The highest BCUT2D eigenvalue weighted by Gasteiger charge is 2.20. The molecule has 4 heteroatoms. The van der Waals surface area contributed by atoms with E-state index in [-0.39, 0.29) is 5.56 Å². The smallest absolute Gasteiger partial charge is 0.133 e. The molecule has 1 aromatic carbocycles. The fraction of sp³-hybridized carbons (Fsp3) is 0.385. The lowest BCUT2D eigenvalue weighted by molar-refractivity contribution is 0.448. The molecular formula is C13H16F3N. The first-order valence-electron chi connectivity index (χ1n) is 5.58. The topological polar surface area (TPSA) is 12.0 Å². The number of rotatable bonds is 6. The zero-order chi connectivity index (χ0) is 12.8. The molecule has 17 heavy (non-hydrogen) atoms. The van der Waals surface area contributed by atoms with Crippen LogP contribution in [0.3, 0.4) is 0 Å². The Labute approximate surface area is 99.3 Å². The van der Waals surface area contributed by atoms with Crippen LogP contribution in [0.5, 0.6) is 0 Å². The van der Waals surface area contributed by atoms with Crippen LogP contribution in [0.4, 0.5) is 13.2 Å². The summed E-state index contributed by atoms with van der Waals surface area (Å²) in [6, 6.07) is 0.950. The SMILES string of the molecule is C=CCCC(NCC)c1c(F)cc(F)cc1F. The van der Waals surface area contributed by atoms with Crippen molar-refractivity contribution in [2.45, 2.75) is 25.8 Å². The Morgan fingerprint density at radius 1 is 1.29 bits per heavy atom. The molecule has 0 amide bonds. The van der Waals surface area contributed by atoms with Gasteiger partial charge >= 0.3 is 0 Å². The summed E-state index contributed by atoms with van der Waals surface area (Å²) < 4.78 is 39.9. The summed E-state index contributed by atoms with van der Waals surface area (Å²) in [5, 5.41) is 2.98. The van der Waals surface area contributed by atoms with E-state index in [4.69, 9.17) is 0 Å². The average molecular weight is 243 g/mol. The highest BCUT2D eigenvalue weighted by Crippen LogP contribution is 2.25. The standard InChI is InChI=1S/C13H16F3N/c1-3-5-6-12(17-4-2)13-10(15)7-9(14)8-11(13)16/h3,7-8,12,17H,1,4-6H2,2H3. The van der Waals surface area contributed by atoms with Gasteiger partial charge in [0.1, 0.15) is 17.5 Å². The largest absolute Gasteiger partial charge is 0.310 e. The van der Waals surface area contributed by atoms with Crippen LogP contribution in [0.25, 0.3) is 0 Å². The first-order chi connectivity index (χ1) is 8.10. The van der Waals surface area contributed by atoms with Crippen molar-refractivity contribution in [3.8, 4) is 0 Å². The summed E-state index contributed by atoms with van der Waals surface area (Å²) in [5.41, 5.74) is -0.102. The third-order valence-electron chi connectivity index (χ3n) is 2.50. The molecule has 0 radical (unpaired) electrons. The van der Waals surface area contributed by atoms with Crippen LogP contribution < -0.4 is 5.32 Å². The second-order valence-electron chi connectivity index (χ2n) is 3.76. The highest BCUT2D eigenvalue weighted by molar-refractivity contribution is 5.24. The van der Waals surface area contributed by atoms with E-state index in [1.807, 2.05) is 6.92 Å². The number of hydrogen-bond acceptors (Lipinski definition) is 1. The predicted octanol–water partition coefficient (Wildman–Crippen LogP) is 3.72. The third kappa shape index (κ3) is 3.60. The summed E-state index contributed by atoms with van der Waals surface area (Å²) in [7, 11) is 0. The summed E-state index contributed by atoms with van der Waals surface area (Å²) in [4.78, 5) is 0. The number of benzene rings is 1. The number of hydrogen-bond donors (Lipinski definition) is 1. The van der Waals surface area contributed by atoms with Crippen molar-refractivity contribution >= 4 is 0 Å². The molecular weight excluding hydrogens is 227 g/mol. The van der Waals surface area contributed by atoms with Crippen molar-refractivity contribution in [3.63, 3.8) is 0 Å². The van der Waals surface area contributed by atoms with Gasteiger partial charge in [0, 0.05) is 23.7 Å².